The van der Waals surface area contributed by atoms with Gasteiger partial charge in [0, 0.05) is 6.42 Å². The fraction of sp³-hybridized carbons (Fsp3) is 0.833. The molecule has 19 heavy (non-hydrogen) atoms. The van der Waals surface area contributed by atoms with Crippen LogP contribution in [-0.4, -0.2) is 37.8 Å². The second kappa shape index (κ2) is 6.60. The van der Waals surface area contributed by atoms with Gasteiger partial charge in [-0.2, -0.15) is 0 Å². The van der Waals surface area contributed by atoms with Crippen molar-refractivity contribution in [1.29, 1.82) is 0 Å². The molecule has 106 valence electrons. The summed E-state index contributed by atoms with van der Waals surface area (Å²) in [5.41, 5.74) is 0. The van der Waals surface area contributed by atoms with E-state index >= 15 is 0 Å². The molecule has 7 nitrogen and oxygen atoms in total. The van der Waals surface area contributed by atoms with Crippen LogP contribution in [0.1, 0.15) is 50.9 Å². The number of nitrogens with zero attached hydrogens (tertiary/aromatic N) is 4. The van der Waals surface area contributed by atoms with Crippen molar-refractivity contribution < 1.29 is 9.90 Å². The van der Waals surface area contributed by atoms with Crippen molar-refractivity contribution in [1.82, 2.24) is 25.5 Å². The SMILES string of the molecule is CC(CCNCc1nnnn1C1CC1)CCC(=O)O. The zero-order valence-electron chi connectivity index (χ0n) is 11.2. The predicted molar refractivity (Wildman–Crippen MR) is 68.4 cm³/mol. The summed E-state index contributed by atoms with van der Waals surface area (Å²) in [5.74, 6) is 0.590. The second-order valence-electron chi connectivity index (χ2n) is 5.27. The number of carboxylic acids is 1. The summed E-state index contributed by atoms with van der Waals surface area (Å²) in [6.07, 6.45) is 4.30. The molecule has 0 spiro atoms. The summed E-state index contributed by atoms with van der Waals surface area (Å²) in [4.78, 5) is 10.5. The van der Waals surface area contributed by atoms with Crippen molar-refractivity contribution in [2.45, 2.75) is 51.6 Å². The number of hydrogen-bond donors (Lipinski definition) is 2. The summed E-state index contributed by atoms with van der Waals surface area (Å²) in [5, 5.41) is 23.6. The average Bonchev–Trinajstić information content (AvgIpc) is 3.12. The topological polar surface area (TPSA) is 92.9 Å². The quantitative estimate of drug-likeness (QED) is 0.648. The van der Waals surface area contributed by atoms with E-state index in [0.29, 0.717) is 18.5 Å². The fourth-order valence-electron chi connectivity index (χ4n) is 1.99. The lowest BCUT2D eigenvalue weighted by Gasteiger charge is -2.10. The average molecular weight is 267 g/mol. The van der Waals surface area contributed by atoms with Gasteiger partial charge in [0.05, 0.1) is 12.6 Å². The molecule has 0 saturated heterocycles. The Kier molecular flexibility index (Phi) is 4.84. The zero-order chi connectivity index (χ0) is 13.7. The van der Waals surface area contributed by atoms with Crippen LogP contribution in [0, 0.1) is 5.92 Å². The lowest BCUT2D eigenvalue weighted by Crippen LogP contribution is -2.20. The van der Waals surface area contributed by atoms with E-state index in [9.17, 15) is 4.79 Å². The minimum absolute atomic E-state index is 0.251. The molecule has 0 aliphatic heterocycles. The molecule has 0 aromatic carbocycles. The van der Waals surface area contributed by atoms with E-state index in [4.69, 9.17) is 5.11 Å². The Morgan fingerprint density at radius 1 is 1.53 bits per heavy atom. The molecule has 7 heteroatoms. The van der Waals surface area contributed by atoms with Crippen LogP contribution in [0.2, 0.25) is 0 Å². The van der Waals surface area contributed by atoms with E-state index < -0.39 is 5.97 Å². The molecule has 1 saturated carbocycles. The number of nitrogens with one attached hydrogen (secondary N) is 1. The number of aromatic nitrogens is 4. The Labute approximate surface area is 112 Å². The van der Waals surface area contributed by atoms with E-state index in [1.807, 2.05) is 4.68 Å². The van der Waals surface area contributed by atoms with Crippen LogP contribution in [0.25, 0.3) is 0 Å². The highest BCUT2D eigenvalue weighted by Crippen LogP contribution is 2.34. The van der Waals surface area contributed by atoms with Crippen molar-refractivity contribution in [2.75, 3.05) is 6.54 Å². The van der Waals surface area contributed by atoms with Crippen molar-refractivity contribution in [2.24, 2.45) is 5.92 Å². The lowest BCUT2D eigenvalue weighted by atomic mass is 10.0. The Hall–Kier alpha value is -1.50. The van der Waals surface area contributed by atoms with Crippen LogP contribution < -0.4 is 5.32 Å². The van der Waals surface area contributed by atoms with E-state index in [1.54, 1.807) is 0 Å². The first-order chi connectivity index (χ1) is 9.16. The number of hydrogen-bond acceptors (Lipinski definition) is 5. The smallest absolute Gasteiger partial charge is 0.303 e. The summed E-state index contributed by atoms with van der Waals surface area (Å²) in [6.45, 7) is 3.62. The number of carboxylic acid groups (broad SMARTS) is 1. The molecule has 1 fully saturated rings. The highest BCUT2D eigenvalue weighted by Gasteiger charge is 2.27. The van der Waals surface area contributed by atoms with Crippen LogP contribution in [0.15, 0.2) is 0 Å². The van der Waals surface area contributed by atoms with Gasteiger partial charge < -0.3 is 10.4 Å². The third-order valence-corrected chi connectivity index (χ3v) is 3.40. The zero-order valence-corrected chi connectivity index (χ0v) is 11.2. The van der Waals surface area contributed by atoms with Crippen molar-refractivity contribution >= 4 is 5.97 Å². The molecule has 1 atom stereocenters. The van der Waals surface area contributed by atoms with Crippen LogP contribution >= 0.6 is 0 Å². The Morgan fingerprint density at radius 2 is 2.32 bits per heavy atom. The number of tetrazole rings is 1. The number of carbonyl (C=O) groups is 1. The van der Waals surface area contributed by atoms with Crippen LogP contribution in [0.3, 0.4) is 0 Å². The van der Waals surface area contributed by atoms with Gasteiger partial charge in [0.2, 0.25) is 0 Å². The van der Waals surface area contributed by atoms with E-state index in [1.165, 1.54) is 12.8 Å². The highest BCUT2D eigenvalue weighted by molar-refractivity contribution is 5.66. The van der Waals surface area contributed by atoms with Gasteiger partial charge >= 0.3 is 5.97 Å². The van der Waals surface area contributed by atoms with Gasteiger partial charge in [-0.05, 0) is 48.6 Å². The van der Waals surface area contributed by atoms with Gasteiger partial charge in [-0.3, -0.25) is 4.79 Å². The normalized spacial score (nSPS) is 16.5. The van der Waals surface area contributed by atoms with Crippen molar-refractivity contribution in [3.63, 3.8) is 0 Å². The molecule has 1 heterocycles. The molecule has 0 bridgehead atoms. The van der Waals surface area contributed by atoms with Gasteiger partial charge in [0.15, 0.2) is 5.82 Å². The minimum atomic E-state index is -0.719. The standard InChI is InChI=1S/C12H21N5O2/c1-9(2-5-12(18)19)6-7-13-8-11-14-15-16-17(11)10-3-4-10/h9-10,13H,2-8H2,1H3,(H,18,19). The summed E-state index contributed by atoms with van der Waals surface area (Å²) >= 11 is 0. The first kappa shape index (κ1) is 13.9. The van der Waals surface area contributed by atoms with Crippen LogP contribution in [-0.2, 0) is 11.3 Å². The largest absolute Gasteiger partial charge is 0.481 e. The molecule has 1 aliphatic carbocycles. The molecule has 2 rings (SSSR count). The Morgan fingerprint density at radius 3 is 3.00 bits per heavy atom. The summed E-state index contributed by atoms with van der Waals surface area (Å²) in [6, 6.07) is 0.501. The Bertz CT molecular complexity index is 416. The lowest BCUT2D eigenvalue weighted by molar-refractivity contribution is -0.137. The molecule has 0 radical (unpaired) electrons. The molecule has 1 aliphatic rings. The van der Waals surface area contributed by atoms with E-state index in [2.05, 4.69) is 27.8 Å². The van der Waals surface area contributed by atoms with E-state index in [0.717, 1.165) is 25.2 Å². The number of rotatable bonds is 9. The van der Waals surface area contributed by atoms with Gasteiger partial charge in [0.1, 0.15) is 0 Å². The Balaban J connectivity index is 1.61. The van der Waals surface area contributed by atoms with Crippen molar-refractivity contribution in [3.8, 4) is 0 Å². The summed E-state index contributed by atoms with van der Waals surface area (Å²) < 4.78 is 1.90. The van der Waals surface area contributed by atoms with Crippen molar-refractivity contribution in [3.05, 3.63) is 5.82 Å². The third kappa shape index (κ3) is 4.59. The number of aliphatic carboxylic acids is 1. The molecule has 0 amide bonds. The summed E-state index contributed by atoms with van der Waals surface area (Å²) in [7, 11) is 0. The monoisotopic (exact) mass is 267 g/mol. The molecule has 1 aromatic heterocycles. The van der Waals surface area contributed by atoms with Crippen LogP contribution in [0.4, 0.5) is 0 Å². The molecule has 1 aromatic rings. The fourth-order valence-corrected chi connectivity index (χ4v) is 1.99. The van der Waals surface area contributed by atoms with Gasteiger partial charge in [-0.15, -0.1) is 5.10 Å². The molecule has 1 unspecified atom stereocenters. The first-order valence-corrected chi connectivity index (χ1v) is 6.86. The predicted octanol–water partition coefficient (Wildman–Crippen LogP) is 0.989. The second-order valence-corrected chi connectivity index (χ2v) is 5.27. The maximum Gasteiger partial charge on any atom is 0.303 e. The minimum Gasteiger partial charge on any atom is -0.481 e. The van der Waals surface area contributed by atoms with Gasteiger partial charge in [-0.1, -0.05) is 6.92 Å². The van der Waals surface area contributed by atoms with Gasteiger partial charge in [-0.25, -0.2) is 4.68 Å². The molecular weight excluding hydrogens is 246 g/mol. The maximum atomic E-state index is 10.5. The molecule has 2 N–H and O–H groups in total. The van der Waals surface area contributed by atoms with Crippen LogP contribution in [0.5, 0.6) is 0 Å². The van der Waals surface area contributed by atoms with E-state index in [-0.39, 0.29) is 6.42 Å². The van der Waals surface area contributed by atoms with Gasteiger partial charge in [0.25, 0.3) is 0 Å². The first-order valence-electron chi connectivity index (χ1n) is 6.86. The maximum absolute atomic E-state index is 10.5. The third-order valence-electron chi connectivity index (χ3n) is 3.40. The molecular formula is C12H21N5O2. The highest BCUT2D eigenvalue weighted by atomic mass is 16.4.